The molecule has 1 aromatic heterocycles. The van der Waals surface area contributed by atoms with Gasteiger partial charge in [-0.1, -0.05) is 6.07 Å². The molecule has 0 radical (unpaired) electrons. The first-order chi connectivity index (χ1) is 7.08. The molecule has 1 fully saturated rings. The Morgan fingerprint density at radius 1 is 1.53 bits per heavy atom. The lowest BCUT2D eigenvalue weighted by atomic mass is 9.85. The van der Waals surface area contributed by atoms with E-state index in [1.165, 1.54) is 11.3 Å². The van der Waals surface area contributed by atoms with Gasteiger partial charge in [0.15, 0.2) is 0 Å². The van der Waals surface area contributed by atoms with E-state index >= 15 is 0 Å². The summed E-state index contributed by atoms with van der Waals surface area (Å²) in [6.45, 7) is 0.503. The van der Waals surface area contributed by atoms with Gasteiger partial charge >= 0.3 is 0 Å². The lowest BCUT2D eigenvalue weighted by Crippen LogP contribution is -2.36. The van der Waals surface area contributed by atoms with Crippen molar-refractivity contribution < 1.29 is 8.42 Å². The molecule has 0 amide bonds. The van der Waals surface area contributed by atoms with E-state index < -0.39 is 10.0 Å². The Kier molecular flexibility index (Phi) is 3.35. The van der Waals surface area contributed by atoms with E-state index in [9.17, 15) is 8.42 Å². The highest BCUT2D eigenvalue weighted by molar-refractivity contribution is 7.91. The van der Waals surface area contributed by atoms with Crippen LogP contribution in [0.3, 0.4) is 0 Å². The summed E-state index contributed by atoms with van der Waals surface area (Å²) in [5.41, 5.74) is 0. The topological polar surface area (TPSA) is 46.2 Å². The van der Waals surface area contributed by atoms with Gasteiger partial charge in [0.05, 0.1) is 0 Å². The molecule has 2 rings (SSSR count). The van der Waals surface area contributed by atoms with Crippen LogP contribution < -0.4 is 4.72 Å². The van der Waals surface area contributed by atoms with Gasteiger partial charge in [-0.2, -0.15) is 0 Å². The summed E-state index contributed by atoms with van der Waals surface area (Å²) < 4.78 is 26.4. The summed E-state index contributed by atoms with van der Waals surface area (Å²) in [6, 6.07) is 3.34. The van der Waals surface area contributed by atoms with Crippen LogP contribution in [0.4, 0.5) is 0 Å². The predicted molar refractivity (Wildman–Crippen MR) is 61.9 cm³/mol. The van der Waals surface area contributed by atoms with Crippen molar-refractivity contribution in [2.45, 2.75) is 22.4 Å². The molecule has 1 saturated carbocycles. The Morgan fingerprint density at radius 3 is 2.80 bits per heavy atom. The van der Waals surface area contributed by atoms with Crippen molar-refractivity contribution in [3.63, 3.8) is 0 Å². The summed E-state index contributed by atoms with van der Waals surface area (Å²) in [7, 11) is -3.28. The van der Waals surface area contributed by atoms with Crippen molar-refractivity contribution in [2.24, 2.45) is 5.92 Å². The molecule has 0 spiro atoms. The largest absolute Gasteiger partial charge is 0.250 e. The summed E-state index contributed by atoms with van der Waals surface area (Å²) in [5, 5.41) is 1.99. The molecule has 0 saturated heterocycles. The zero-order valence-corrected chi connectivity index (χ0v) is 10.4. The van der Waals surface area contributed by atoms with Gasteiger partial charge < -0.3 is 0 Å². The second-order valence-corrected chi connectivity index (χ2v) is 7.28. The fraction of sp³-hybridized carbons (Fsp3) is 0.556. The fourth-order valence-corrected chi connectivity index (χ4v) is 4.19. The Morgan fingerprint density at radius 2 is 2.27 bits per heavy atom. The van der Waals surface area contributed by atoms with E-state index in [4.69, 9.17) is 11.6 Å². The highest BCUT2D eigenvalue weighted by Crippen LogP contribution is 2.31. The number of alkyl halides is 1. The zero-order chi connectivity index (χ0) is 10.9. The average Bonchev–Trinajstić information content (AvgIpc) is 2.63. The van der Waals surface area contributed by atoms with Crippen molar-refractivity contribution >= 4 is 33.0 Å². The summed E-state index contributed by atoms with van der Waals surface area (Å²) in [5.74, 6) is 0.405. The minimum absolute atomic E-state index is 0.237. The Balaban J connectivity index is 1.89. The average molecular weight is 266 g/mol. The van der Waals surface area contributed by atoms with Crippen molar-refractivity contribution in [3.8, 4) is 0 Å². The number of sulfonamides is 1. The lowest BCUT2D eigenvalue weighted by molar-refractivity contribution is 0.324. The first-order valence-corrected chi connectivity index (χ1v) is 7.55. The number of rotatable bonds is 4. The molecule has 1 aliphatic rings. The molecular weight excluding hydrogens is 254 g/mol. The van der Waals surface area contributed by atoms with E-state index in [0.717, 1.165) is 12.8 Å². The van der Waals surface area contributed by atoms with Gasteiger partial charge in [-0.25, -0.2) is 13.1 Å². The molecule has 1 N–H and O–H groups in total. The smallest absolute Gasteiger partial charge is 0.210 e. The predicted octanol–water partition coefficient (Wildman–Crippen LogP) is 2.04. The molecular formula is C9H12ClNO2S2. The van der Waals surface area contributed by atoms with Crippen LogP contribution in [-0.2, 0) is 10.0 Å². The van der Waals surface area contributed by atoms with Crippen LogP contribution >= 0.6 is 22.9 Å². The minimum atomic E-state index is -3.28. The van der Waals surface area contributed by atoms with Crippen molar-refractivity contribution in [2.75, 3.05) is 6.54 Å². The van der Waals surface area contributed by atoms with Gasteiger partial charge in [0.1, 0.15) is 4.21 Å². The third-order valence-electron chi connectivity index (χ3n) is 2.50. The molecule has 0 aromatic carbocycles. The molecule has 1 aliphatic carbocycles. The molecule has 0 aliphatic heterocycles. The number of halogens is 1. The van der Waals surface area contributed by atoms with Crippen molar-refractivity contribution in [1.29, 1.82) is 0 Å². The van der Waals surface area contributed by atoms with Crippen LogP contribution in [0.5, 0.6) is 0 Å². The summed E-state index contributed by atoms with van der Waals surface area (Å²) in [6.07, 6.45) is 1.82. The highest BCUT2D eigenvalue weighted by Gasteiger charge is 2.28. The van der Waals surface area contributed by atoms with Crippen LogP contribution in [0.15, 0.2) is 21.7 Å². The molecule has 0 bridgehead atoms. The number of hydrogen-bond donors (Lipinski definition) is 1. The molecule has 1 aromatic rings. The van der Waals surface area contributed by atoms with E-state index in [2.05, 4.69) is 4.72 Å². The van der Waals surface area contributed by atoms with Crippen LogP contribution in [0.1, 0.15) is 12.8 Å². The molecule has 84 valence electrons. The van der Waals surface area contributed by atoms with Gasteiger partial charge in [0.25, 0.3) is 0 Å². The number of hydrogen-bond acceptors (Lipinski definition) is 3. The molecule has 0 atom stereocenters. The normalized spacial score (nSPS) is 26.2. The minimum Gasteiger partial charge on any atom is -0.210 e. The van der Waals surface area contributed by atoms with Crippen LogP contribution in [0.25, 0.3) is 0 Å². The number of thiophene rings is 1. The second-order valence-electron chi connectivity index (χ2n) is 3.72. The third-order valence-corrected chi connectivity index (χ3v) is 5.68. The number of nitrogens with one attached hydrogen (secondary N) is 1. The molecule has 3 nitrogen and oxygen atoms in total. The molecule has 0 unspecified atom stereocenters. The van der Waals surface area contributed by atoms with Gasteiger partial charge in [-0.3, -0.25) is 0 Å². The molecule has 1 heterocycles. The maximum atomic E-state index is 11.7. The Labute approximate surface area is 98.5 Å². The van der Waals surface area contributed by atoms with Crippen LogP contribution in [0, 0.1) is 5.92 Å². The monoisotopic (exact) mass is 265 g/mol. The first kappa shape index (κ1) is 11.4. The van der Waals surface area contributed by atoms with Gasteiger partial charge in [-0.05, 0) is 30.2 Å². The Bertz CT molecular complexity index is 409. The van der Waals surface area contributed by atoms with Crippen molar-refractivity contribution in [3.05, 3.63) is 17.5 Å². The van der Waals surface area contributed by atoms with Gasteiger partial charge in [0.2, 0.25) is 10.0 Å². The SMILES string of the molecule is O=S(=O)(NCC1CC(Cl)C1)c1cccs1. The summed E-state index contributed by atoms with van der Waals surface area (Å²) in [4.78, 5) is 0. The standard InChI is InChI=1S/C9H12ClNO2S2/c10-8-4-7(5-8)6-11-15(12,13)9-2-1-3-14-9/h1-3,7-8,11H,4-6H2. The van der Waals surface area contributed by atoms with E-state index in [-0.39, 0.29) is 5.38 Å². The van der Waals surface area contributed by atoms with Gasteiger partial charge in [0, 0.05) is 11.9 Å². The molecule has 15 heavy (non-hydrogen) atoms. The zero-order valence-electron chi connectivity index (χ0n) is 8.02. The van der Waals surface area contributed by atoms with Gasteiger partial charge in [-0.15, -0.1) is 22.9 Å². The summed E-state index contributed by atoms with van der Waals surface area (Å²) >= 11 is 7.05. The lowest BCUT2D eigenvalue weighted by Gasteiger charge is -2.30. The fourth-order valence-electron chi connectivity index (χ4n) is 1.54. The van der Waals surface area contributed by atoms with E-state index in [1.54, 1.807) is 17.5 Å². The quantitative estimate of drug-likeness (QED) is 0.847. The Hall–Kier alpha value is -0.100. The maximum Gasteiger partial charge on any atom is 0.250 e. The van der Waals surface area contributed by atoms with Crippen LogP contribution in [0.2, 0.25) is 0 Å². The maximum absolute atomic E-state index is 11.7. The van der Waals surface area contributed by atoms with E-state index in [0.29, 0.717) is 16.7 Å². The third kappa shape index (κ3) is 2.72. The molecule has 6 heteroatoms. The second kappa shape index (κ2) is 4.41. The van der Waals surface area contributed by atoms with Crippen LogP contribution in [-0.4, -0.2) is 20.3 Å². The van der Waals surface area contributed by atoms with Crippen molar-refractivity contribution in [1.82, 2.24) is 4.72 Å². The highest BCUT2D eigenvalue weighted by atomic mass is 35.5. The van der Waals surface area contributed by atoms with E-state index in [1.807, 2.05) is 0 Å². The first-order valence-electron chi connectivity index (χ1n) is 4.75.